The second kappa shape index (κ2) is 9.36. The Morgan fingerprint density at radius 3 is 2.84 bits per heavy atom. The van der Waals surface area contributed by atoms with Crippen molar-refractivity contribution in [2.75, 3.05) is 13.2 Å². The lowest BCUT2D eigenvalue weighted by Crippen LogP contribution is -2.17. The Hall–Kier alpha value is -2.97. The Labute approximate surface area is 151 Å². The third-order valence-electron chi connectivity index (χ3n) is 3.05. The van der Waals surface area contributed by atoms with E-state index in [0.717, 1.165) is 5.56 Å². The highest BCUT2D eigenvalue weighted by Crippen LogP contribution is 2.27. The standard InChI is InChI=1S/C19H17ClN2O3/c1-3-10-25-17-9-8-14(11-18(17)24-4-2)13-21-22-19(23)15-6-5-7-16(20)12-15/h1,5-9,11-13H,4,10H2,2H3,(H,22,23)/b21-13-. The first-order chi connectivity index (χ1) is 12.1. The van der Waals surface area contributed by atoms with Crippen LogP contribution < -0.4 is 14.9 Å². The van der Waals surface area contributed by atoms with Gasteiger partial charge in [0.25, 0.3) is 5.91 Å². The van der Waals surface area contributed by atoms with Gasteiger partial charge in [-0.25, -0.2) is 5.43 Å². The van der Waals surface area contributed by atoms with Gasteiger partial charge in [0.05, 0.1) is 12.8 Å². The average molecular weight is 357 g/mol. The van der Waals surface area contributed by atoms with Crippen molar-refractivity contribution >= 4 is 23.7 Å². The molecular weight excluding hydrogens is 340 g/mol. The molecule has 25 heavy (non-hydrogen) atoms. The molecule has 2 aromatic rings. The van der Waals surface area contributed by atoms with Crippen molar-refractivity contribution in [1.82, 2.24) is 5.43 Å². The average Bonchev–Trinajstić information content (AvgIpc) is 2.61. The van der Waals surface area contributed by atoms with E-state index in [1.165, 1.54) is 6.21 Å². The zero-order valence-corrected chi connectivity index (χ0v) is 14.4. The van der Waals surface area contributed by atoms with Gasteiger partial charge in [0.2, 0.25) is 0 Å². The van der Waals surface area contributed by atoms with Crippen LogP contribution in [0.15, 0.2) is 47.6 Å². The van der Waals surface area contributed by atoms with Crippen molar-refractivity contribution in [3.05, 3.63) is 58.6 Å². The molecule has 1 N–H and O–H groups in total. The molecule has 1 amide bonds. The minimum absolute atomic E-state index is 0.156. The van der Waals surface area contributed by atoms with Crippen LogP contribution >= 0.6 is 11.6 Å². The minimum Gasteiger partial charge on any atom is -0.490 e. The Balaban J connectivity index is 2.06. The third kappa shape index (κ3) is 5.55. The van der Waals surface area contributed by atoms with Crippen LogP contribution in [0.3, 0.4) is 0 Å². The number of terminal acetylenes is 1. The summed E-state index contributed by atoms with van der Waals surface area (Å²) in [6.07, 6.45) is 6.71. The fraction of sp³-hybridized carbons (Fsp3) is 0.158. The molecule has 2 rings (SSSR count). The highest BCUT2D eigenvalue weighted by molar-refractivity contribution is 6.30. The summed E-state index contributed by atoms with van der Waals surface area (Å²) in [6.45, 7) is 2.51. The lowest BCUT2D eigenvalue weighted by Gasteiger charge is -2.10. The third-order valence-corrected chi connectivity index (χ3v) is 3.28. The molecule has 0 spiro atoms. The normalized spacial score (nSPS) is 10.3. The van der Waals surface area contributed by atoms with Crippen LogP contribution in [0.5, 0.6) is 11.5 Å². The van der Waals surface area contributed by atoms with Crippen LogP contribution in [0.1, 0.15) is 22.8 Å². The molecular formula is C19H17ClN2O3. The fourth-order valence-corrected chi connectivity index (χ4v) is 2.16. The molecule has 0 fully saturated rings. The van der Waals surface area contributed by atoms with Crippen molar-refractivity contribution < 1.29 is 14.3 Å². The molecule has 0 bridgehead atoms. The lowest BCUT2D eigenvalue weighted by atomic mass is 10.2. The minimum atomic E-state index is -0.349. The van der Waals surface area contributed by atoms with Gasteiger partial charge in [-0.15, -0.1) is 6.42 Å². The van der Waals surface area contributed by atoms with Crippen LogP contribution in [0.4, 0.5) is 0 Å². The van der Waals surface area contributed by atoms with Crippen molar-refractivity contribution in [1.29, 1.82) is 0 Å². The second-order valence-corrected chi connectivity index (χ2v) is 5.28. The number of hydrogen-bond donors (Lipinski definition) is 1. The van der Waals surface area contributed by atoms with Crippen molar-refractivity contribution in [2.45, 2.75) is 6.92 Å². The maximum Gasteiger partial charge on any atom is 0.271 e. The van der Waals surface area contributed by atoms with Gasteiger partial charge in [-0.3, -0.25) is 4.79 Å². The Morgan fingerprint density at radius 2 is 2.12 bits per heavy atom. The van der Waals surface area contributed by atoms with Crippen LogP contribution in [-0.4, -0.2) is 25.3 Å². The highest BCUT2D eigenvalue weighted by Gasteiger charge is 2.06. The fourth-order valence-electron chi connectivity index (χ4n) is 1.97. The molecule has 0 saturated heterocycles. The summed E-state index contributed by atoms with van der Waals surface area (Å²) < 4.78 is 10.9. The summed E-state index contributed by atoms with van der Waals surface area (Å²) in [4.78, 5) is 12.0. The van der Waals surface area contributed by atoms with E-state index in [9.17, 15) is 4.79 Å². The molecule has 0 atom stereocenters. The van der Waals surface area contributed by atoms with Crippen LogP contribution in [0, 0.1) is 12.3 Å². The van der Waals surface area contributed by atoms with Crippen LogP contribution in [0.2, 0.25) is 5.02 Å². The van der Waals surface area contributed by atoms with E-state index >= 15 is 0 Å². The maximum atomic E-state index is 12.0. The highest BCUT2D eigenvalue weighted by atomic mass is 35.5. The van der Waals surface area contributed by atoms with E-state index in [4.69, 9.17) is 27.5 Å². The van der Waals surface area contributed by atoms with E-state index in [1.807, 2.05) is 6.92 Å². The number of nitrogens with zero attached hydrogens (tertiary/aromatic N) is 1. The molecule has 0 heterocycles. The van der Waals surface area contributed by atoms with Gasteiger partial charge in [-0.1, -0.05) is 23.6 Å². The SMILES string of the molecule is C#CCOc1ccc(/C=N\NC(=O)c2cccc(Cl)c2)cc1OCC. The number of carbonyl (C=O) groups excluding carboxylic acids is 1. The molecule has 0 aliphatic rings. The summed E-state index contributed by atoms with van der Waals surface area (Å²) in [7, 11) is 0. The van der Waals surface area contributed by atoms with Gasteiger partial charge >= 0.3 is 0 Å². The van der Waals surface area contributed by atoms with E-state index in [2.05, 4.69) is 16.4 Å². The topological polar surface area (TPSA) is 59.9 Å². The number of carbonyl (C=O) groups is 1. The number of amides is 1. The quantitative estimate of drug-likeness (QED) is 0.469. The number of hydrogen-bond acceptors (Lipinski definition) is 4. The first kappa shape index (κ1) is 18.4. The first-order valence-electron chi connectivity index (χ1n) is 7.56. The number of hydrazone groups is 1. The summed E-state index contributed by atoms with van der Waals surface area (Å²) in [5.74, 6) is 3.17. The number of rotatable bonds is 7. The summed E-state index contributed by atoms with van der Waals surface area (Å²) in [5.41, 5.74) is 3.62. The van der Waals surface area contributed by atoms with E-state index in [-0.39, 0.29) is 12.5 Å². The van der Waals surface area contributed by atoms with Gasteiger partial charge < -0.3 is 9.47 Å². The molecule has 128 valence electrons. The molecule has 0 unspecified atom stereocenters. The number of nitrogens with one attached hydrogen (secondary N) is 1. The van der Waals surface area contributed by atoms with E-state index in [1.54, 1.807) is 42.5 Å². The first-order valence-corrected chi connectivity index (χ1v) is 7.94. The maximum absolute atomic E-state index is 12.0. The van der Waals surface area contributed by atoms with Gasteiger partial charge in [-0.05, 0) is 48.9 Å². The predicted molar refractivity (Wildman–Crippen MR) is 98.5 cm³/mol. The molecule has 0 aliphatic heterocycles. The summed E-state index contributed by atoms with van der Waals surface area (Å²) in [6, 6.07) is 11.9. The second-order valence-electron chi connectivity index (χ2n) is 4.84. The van der Waals surface area contributed by atoms with E-state index < -0.39 is 0 Å². The Bertz CT molecular complexity index is 813. The van der Waals surface area contributed by atoms with Crippen molar-refractivity contribution in [3.63, 3.8) is 0 Å². The zero-order valence-electron chi connectivity index (χ0n) is 13.7. The van der Waals surface area contributed by atoms with Gasteiger partial charge in [0.1, 0.15) is 6.61 Å². The van der Waals surface area contributed by atoms with Crippen LogP contribution in [0.25, 0.3) is 0 Å². The number of ether oxygens (including phenoxy) is 2. The van der Waals surface area contributed by atoms with E-state index in [0.29, 0.717) is 28.7 Å². The zero-order chi connectivity index (χ0) is 18.1. The molecule has 0 aromatic heterocycles. The van der Waals surface area contributed by atoms with Crippen molar-refractivity contribution in [3.8, 4) is 23.8 Å². The number of benzene rings is 2. The molecule has 0 saturated carbocycles. The molecule has 0 radical (unpaired) electrons. The smallest absolute Gasteiger partial charge is 0.271 e. The molecule has 2 aromatic carbocycles. The predicted octanol–water partition coefficient (Wildman–Crippen LogP) is 3.51. The van der Waals surface area contributed by atoms with Crippen LogP contribution in [-0.2, 0) is 0 Å². The van der Waals surface area contributed by atoms with Gasteiger partial charge in [0.15, 0.2) is 11.5 Å². The summed E-state index contributed by atoms with van der Waals surface area (Å²) in [5, 5.41) is 4.43. The summed E-state index contributed by atoms with van der Waals surface area (Å²) >= 11 is 5.86. The van der Waals surface area contributed by atoms with Gasteiger partial charge in [-0.2, -0.15) is 5.10 Å². The van der Waals surface area contributed by atoms with Crippen molar-refractivity contribution in [2.24, 2.45) is 5.10 Å². The molecule has 0 aliphatic carbocycles. The molecule has 5 nitrogen and oxygen atoms in total. The largest absolute Gasteiger partial charge is 0.490 e. The lowest BCUT2D eigenvalue weighted by molar-refractivity contribution is 0.0955. The molecule has 6 heteroatoms. The van der Waals surface area contributed by atoms with Gasteiger partial charge in [0, 0.05) is 10.6 Å². The monoisotopic (exact) mass is 356 g/mol. The Morgan fingerprint density at radius 1 is 1.28 bits per heavy atom. The number of halogens is 1. The Kier molecular flexibility index (Phi) is 6.87.